The number of aliphatic imine (C=N–C) groups is 1. The van der Waals surface area contributed by atoms with Crippen molar-refractivity contribution in [1.29, 1.82) is 0 Å². The number of amidine groups is 1. The molecule has 1 aromatic carbocycles. The van der Waals surface area contributed by atoms with Crippen LogP contribution in [-0.2, 0) is 16.1 Å². The number of hydrogen-bond acceptors (Lipinski definition) is 7. The van der Waals surface area contributed by atoms with Crippen molar-refractivity contribution in [1.82, 2.24) is 15.4 Å². The first-order valence-electron chi connectivity index (χ1n) is 12.2. The van der Waals surface area contributed by atoms with E-state index >= 15 is 0 Å². The third-order valence-electron chi connectivity index (χ3n) is 7.76. The van der Waals surface area contributed by atoms with Crippen molar-refractivity contribution in [2.45, 2.75) is 56.7 Å². The molecular formula is C26H30N4O4. The molecule has 1 saturated carbocycles. The maximum Gasteiger partial charge on any atom is 0.223 e. The number of aliphatic hydroxyl groups is 1. The summed E-state index contributed by atoms with van der Waals surface area (Å²) in [6.07, 6.45) is 5.67. The minimum absolute atomic E-state index is 0.0218. The van der Waals surface area contributed by atoms with Gasteiger partial charge in [0.15, 0.2) is 5.84 Å². The number of nitrogens with one attached hydrogen (secondary N) is 1. The molecule has 8 heteroatoms. The van der Waals surface area contributed by atoms with Gasteiger partial charge in [0.1, 0.15) is 0 Å². The number of aromatic nitrogens is 1. The van der Waals surface area contributed by atoms with E-state index < -0.39 is 6.23 Å². The summed E-state index contributed by atoms with van der Waals surface area (Å²) in [5.41, 5.74) is 8.43. The summed E-state index contributed by atoms with van der Waals surface area (Å²) in [7, 11) is 1.64. The second kappa shape index (κ2) is 8.67. The molecule has 178 valence electrons. The van der Waals surface area contributed by atoms with Crippen LogP contribution in [0.25, 0.3) is 0 Å². The number of carbonyl (C=O) groups excluding carboxylic acids is 1. The van der Waals surface area contributed by atoms with Gasteiger partial charge in [-0.05, 0) is 42.4 Å². The van der Waals surface area contributed by atoms with Crippen molar-refractivity contribution in [3.8, 4) is 5.88 Å². The molecule has 8 nitrogen and oxygen atoms in total. The average molecular weight is 463 g/mol. The van der Waals surface area contributed by atoms with Gasteiger partial charge in [-0.25, -0.2) is 20.3 Å². The standard InChI is InChI=1S/C26H30N4O4/c1-33-22-13-17(12-21(27-22)15-5-2-3-6-15)26-28-25(29-34-26)19-8-4-7-18-20(19)11-16-14-23(32)30(9-10-31)24(16)18/h4,7-8,12-13,15-16,24,26,31H,2-3,5-6,9-11,14H2,1H3,(H,28,29). The maximum atomic E-state index is 12.4. The first-order valence-corrected chi connectivity index (χ1v) is 12.2. The summed E-state index contributed by atoms with van der Waals surface area (Å²) < 4.78 is 5.48. The largest absolute Gasteiger partial charge is 0.481 e. The van der Waals surface area contributed by atoms with Gasteiger partial charge in [0.05, 0.1) is 19.8 Å². The Balaban J connectivity index is 1.31. The van der Waals surface area contributed by atoms with Crippen molar-refractivity contribution < 1.29 is 19.5 Å². The van der Waals surface area contributed by atoms with E-state index in [4.69, 9.17) is 19.6 Å². The van der Waals surface area contributed by atoms with Crippen molar-refractivity contribution in [3.05, 3.63) is 58.3 Å². The molecule has 2 aromatic rings. The van der Waals surface area contributed by atoms with E-state index in [0.29, 0.717) is 30.6 Å². The highest BCUT2D eigenvalue weighted by Gasteiger charge is 2.46. The van der Waals surface area contributed by atoms with Gasteiger partial charge in [0.2, 0.25) is 18.0 Å². The Morgan fingerprint density at radius 1 is 1.24 bits per heavy atom. The smallest absolute Gasteiger partial charge is 0.223 e. The Hall–Kier alpha value is -2.97. The Labute approximate surface area is 199 Å². The highest BCUT2D eigenvalue weighted by molar-refractivity contribution is 6.01. The number of pyridine rings is 1. The molecule has 2 aliphatic carbocycles. The van der Waals surface area contributed by atoms with Crippen LogP contribution in [0, 0.1) is 5.92 Å². The number of aliphatic hydroxyl groups excluding tert-OH is 1. The van der Waals surface area contributed by atoms with E-state index in [1.807, 2.05) is 17.0 Å². The minimum Gasteiger partial charge on any atom is -0.481 e. The van der Waals surface area contributed by atoms with Gasteiger partial charge in [-0.2, -0.15) is 0 Å². The normalized spacial score (nSPS) is 25.9. The van der Waals surface area contributed by atoms with Crippen molar-refractivity contribution in [2.24, 2.45) is 10.9 Å². The molecule has 3 heterocycles. The zero-order chi connectivity index (χ0) is 23.2. The van der Waals surface area contributed by atoms with Crippen molar-refractivity contribution >= 4 is 11.7 Å². The molecule has 34 heavy (non-hydrogen) atoms. The summed E-state index contributed by atoms with van der Waals surface area (Å²) >= 11 is 0. The summed E-state index contributed by atoms with van der Waals surface area (Å²) in [5.74, 6) is 2.14. The van der Waals surface area contributed by atoms with Gasteiger partial charge in [-0.15, -0.1) is 0 Å². The maximum absolute atomic E-state index is 12.4. The molecule has 3 atom stereocenters. The van der Waals surface area contributed by atoms with Gasteiger partial charge in [0, 0.05) is 41.8 Å². The fourth-order valence-electron chi connectivity index (χ4n) is 6.21. The van der Waals surface area contributed by atoms with Crippen LogP contribution in [0.15, 0.2) is 35.3 Å². The number of methoxy groups -OCH3 is 1. The van der Waals surface area contributed by atoms with Gasteiger partial charge in [0.25, 0.3) is 0 Å². The van der Waals surface area contributed by atoms with E-state index in [2.05, 4.69) is 23.7 Å². The highest BCUT2D eigenvalue weighted by Crippen LogP contribution is 2.48. The summed E-state index contributed by atoms with van der Waals surface area (Å²) in [6, 6.07) is 10.2. The highest BCUT2D eigenvalue weighted by atomic mass is 16.7. The lowest BCUT2D eigenvalue weighted by Crippen LogP contribution is -2.30. The molecule has 0 radical (unpaired) electrons. The minimum atomic E-state index is -0.476. The number of nitrogens with zero attached hydrogens (tertiary/aromatic N) is 3. The van der Waals surface area contributed by atoms with E-state index in [0.717, 1.165) is 41.6 Å². The summed E-state index contributed by atoms with van der Waals surface area (Å²) in [6.45, 7) is 0.354. The van der Waals surface area contributed by atoms with E-state index in [1.54, 1.807) is 7.11 Å². The van der Waals surface area contributed by atoms with Crippen LogP contribution in [-0.4, -0.2) is 47.0 Å². The fourth-order valence-corrected chi connectivity index (χ4v) is 6.21. The number of fused-ring (bicyclic) bond motifs is 3. The average Bonchev–Trinajstić information content (AvgIpc) is 3.64. The molecule has 2 aliphatic heterocycles. The first kappa shape index (κ1) is 21.6. The van der Waals surface area contributed by atoms with Crippen LogP contribution in [0.1, 0.15) is 78.2 Å². The molecule has 2 N–H and O–H groups in total. The molecule has 1 aromatic heterocycles. The van der Waals surface area contributed by atoms with Crippen LogP contribution >= 0.6 is 0 Å². The number of likely N-dealkylation sites (tertiary alicyclic amines) is 1. The second-order valence-electron chi connectivity index (χ2n) is 9.70. The monoisotopic (exact) mass is 462 g/mol. The van der Waals surface area contributed by atoms with Crippen LogP contribution in [0.3, 0.4) is 0 Å². The lowest BCUT2D eigenvalue weighted by atomic mass is 10.0. The molecular weight excluding hydrogens is 432 g/mol. The number of carbonyl (C=O) groups is 1. The van der Waals surface area contributed by atoms with Gasteiger partial charge >= 0.3 is 0 Å². The van der Waals surface area contributed by atoms with Crippen LogP contribution in [0.4, 0.5) is 0 Å². The molecule has 0 bridgehead atoms. The predicted molar refractivity (Wildman–Crippen MR) is 125 cm³/mol. The quantitative estimate of drug-likeness (QED) is 0.685. The van der Waals surface area contributed by atoms with Gasteiger partial charge < -0.3 is 14.7 Å². The van der Waals surface area contributed by atoms with Crippen LogP contribution in [0.5, 0.6) is 5.88 Å². The van der Waals surface area contributed by atoms with Crippen molar-refractivity contribution in [2.75, 3.05) is 20.3 Å². The molecule has 4 aliphatic rings. The molecule has 2 fully saturated rings. The van der Waals surface area contributed by atoms with E-state index in [1.165, 1.54) is 18.4 Å². The number of hydrogen-bond donors (Lipinski definition) is 2. The Bertz CT molecular complexity index is 1140. The Morgan fingerprint density at radius 3 is 2.88 bits per heavy atom. The van der Waals surface area contributed by atoms with Gasteiger partial charge in [-0.3, -0.25) is 4.79 Å². The fraction of sp³-hybridized carbons (Fsp3) is 0.500. The van der Waals surface area contributed by atoms with Crippen LogP contribution < -0.4 is 10.2 Å². The molecule has 0 spiro atoms. The molecule has 3 unspecified atom stereocenters. The lowest BCUT2D eigenvalue weighted by molar-refractivity contribution is -0.129. The number of rotatable bonds is 6. The lowest BCUT2D eigenvalue weighted by Gasteiger charge is -2.24. The summed E-state index contributed by atoms with van der Waals surface area (Å²) in [5, 5.41) is 9.45. The zero-order valence-electron chi connectivity index (χ0n) is 19.4. The molecule has 1 amide bonds. The zero-order valence-corrected chi connectivity index (χ0v) is 19.4. The first-order chi connectivity index (χ1) is 16.7. The van der Waals surface area contributed by atoms with Crippen LogP contribution in [0.2, 0.25) is 0 Å². The Morgan fingerprint density at radius 2 is 2.09 bits per heavy atom. The number of hydroxylamine groups is 1. The van der Waals surface area contributed by atoms with E-state index in [-0.39, 0.29) is 24.5 Å². The van der Waals surface area contributed by atoms with E-state index in [9.17, 15) is 9.90 Å². The third kappa shape index (κ3) is 3.56. The number of amides is 1. The summed E-state index contributed by atoms with van der Waals surface area (Å²) in [4.78, 5) is 29.8. The number of β-amino-alcohol motifs (C(OH)–C–C–N with tert-alkyl or cyclic N) is 1. The SMILES string of the molecule is COc1cc(C2N=C(c3cccc4c3CC3CC(=O)N(CCO)C43)NO2)cc(C2CCCC2)n1. The molecule has 6 rings (SSSR count). The second-order valence-corrected chi connectivity index (χ2v) is 9.70. The van der Waals surface area contributed by atoms with Gasteiger partial charge in [-0.1, -0.05) is 31.0 Å². The topological polar surface area (TPSA) is 96.3 Å². The molecule has 1 saturated heterocycles. The Kier molecular flexibility index (Phi) is 5.50. The van der Waals surface area contributed by atoms with Crippen molar-refractivity contribution in [3.63, 3.8) is 0 Å². The number of benzene rings is 1. The number of ether oxygens (including phenoxy) is 1. The third-order valence-corrected chi connectivity index (χ3v) is 7.76. The predicted octanol–water partition coefficient (Wildman–Crippen LogP) is 3.17.